The van der Waals surface area contributed by atoms with Gasteiger partial charge in [0, 0.05) is 25.5 Å². The quantitative estimate of drug-likeness (QED) is 0.273. The molecular weight excluding hydrogens is 490 g/mol. The summed E-state index contributed by atoms with van der Waals surface area (Å²) in [6.45, 7) is 3.70. The van der Waals surface area contributed by atoms with Crippen LogP contribution in [0.3, 0.4) is 0 Å². The minimum Gasteiger partial charge on any atom is -0.453 e. The maximum atomic E-state index is 5.94. The second-order valence-corrected chi connectivity index (χ2v) is 11.6. The average molecular weight is 526 g/mol. The van der Waals surface area contributed by atoms with Gasteiger partial charge in [-0.25, -0.2) is 4.98 Å². The molecule has 0 atom stereocenters. The Balaban J connectivity index is 0.00000304. The zero-order chi connectivity index (χ0) is 24.2. The van der Waals surface area contributed by atoms with E-state index in [-0.39, 0.29) is 7.43 Å². The summed E-state index contributed by atoms with van der Waals surface area (Å²) < 4.78 is 6.85. The van der Waals surface area contributed by atoms with E-state index >= 15 is 0 Å². The van der Waals surface area contributed by atoms with Gasteiger partial charge in [-0.05, 0) is 81.1 Å². The van der Waals surface area contributed by atoms with Crippen molar-refractivity contribution in [2.24, 2.45) is 5.92 Å². The van der Waals surface area contributed by atoms with Crippen LogP contribution >= 0.6 is 23.1 Å². The van der Waals surface area contributed by atoms with Gasteiger partial charge in [-0.2, -0.15) is 4.98 Å². The molecule has 36 heavy (non-hydrogen) atoms. The summed E-state index contributed by atoms with van der Waals surface area (Å²) in [4.78, 5) is 11.6. The Morgan fingerprint density at radius 1 is 1.06 bits per heavy atom. The maximum absolute atomic E-state index is 5.94. The topological polar surface area (TPSA) is 92.0 Å². The first-order valence-corrected chi connectivity index (χ1v) is 13.6. The number of benzene rings is 1. The first kappa shape index (κ1) is 26.4. The van der Waals surface area contributed by atoms with E-state index in [1.807, 2.05) is 45.3 Å². The number of rotatable bonds is 9. The Labute approximate surface area is 221 Å². The average Bonchev–Trinajstić information content (AvgIpc) is 3.48. The summed E-state index contributed by atoms with van der Waals surface area (Å²) in [5, 5.41) is 18.3. The Bertz CT molecular complexity index is 1260. The van der Waals surface area contributed by atoms with Gasteiger partial charge in [0.2, 0.25) is 5.95 Å². The smallest absolute Gasteiger partial charge is 0.225 e. The maximum Gasteiger partial charge on any atom is 0.225 e. The molecule has 4 aromatic rings. The largest absolute Gasteiger partial charge is 0.453 e. The van der Waals surface area contributed by atoms with Crippen molar-refractivity contribution in [1.29, 1.82) is 0 Å². The first-order valence-electron chi connectivity index (χ1n) is 12.0. The summed E-state index contributed by atoms with van der Waals surface area (Å²) in [5.74, 6) is 3.31. The van der Waals surface area contributed by atoms with E-state index in [4.69, 9.17) is 14.4 Å². The third-order valence-electron chi connectivity index (χ3n) is 6.25. The van der Waals surface area contributed by atoms with E-state index in [0.29, 0.717) is 12.0 Å². The van der Waals surface area contributed by atoms with Gasteiger partial charge in [-0.3, -0.25) is 0 Å². The molecule has 1 fully saturated rings. The summed E-state index contributed by atoms with van der Waals surface area (Å²) >= 11 is 3.11. The highest BCUT2D eigenvalue weighted by Crippen LogP contribution is 2.31. The minimum absolute atomic E-state index is 0. The molecule has 3 aromatic heterocycles. The van der Waals surface area contributed by atoms with Gasteiger partial charge in [-0.15, -0.1) is 10.2 Å². The normalized spacial score (nSPS) is 17.6. The molecule has 0 radical (unpaired) electrons. The summed E-state index contributed by atoms with van der Waals surface area (Å²) in [7, 11) is 4.05. The highest BCUT2D eigenvalue weighted by Gasteiger charge is 2.22. The predicted octanol–water partition coefficient (Wildman–Crippen LogP) is 6.00. The molecule has 0 amide bonds. The van der Waals surface area contributed by atoms with E-state index in [9.17, 15) is 0 Å². The number of fused-ring (bicyclic) bond motifs is 1. The van der Waals surface area contributed by atoms with Crippen LogP contribution in [0.4, 0.5) is 11.8 Å². The Morgan fingerprint density at radius 2 is 1.86 bits per heavy atom. The predicted molar refractivity (Wildman–Crippen MR) is 149 cm³/mol. The third-order valence-corrected chi connectivity index (χ3v) is 8.06. The van der Waals surface area contributed by atoms with Gasteiger partial charge in [0.25, 0.3) is 0 Å². The van der Waals surface area contributed by atoms with E-state index in [1.165, 1.54) is 24.6 Å². The van der Waals surface area contributed by atoms with Crippen LogP contribution in [0.5, 0.6) is 0 Å². The lowest BCUT2D eigenvalue weighted by Crippen LogP contribution is -2.31. The van der Waals surface area contributed by atoms with Crippen molar-refractivity contribution in [3.63, 3.8) is 0 Å². The number of aryl methyl sites for hydroxylation is 1. The van der Waals surface area contributed by atoms with Crippen molar-refractivity contribution < 1.29 is 4.42 Å². The standard InChI is InChI=1S/C25H31N7OS2.CH4/c1-16-30-31-25(34-16)35-22-13-12-19(33-22)15-26-14-17-8-10-18(11-9-17)27-24-28-21-7-5-4-6-20(21)23(29-24)32(2)3;/h4-7,12-13,17-18,26H,8-11,14-15H2,1-3H3,(H,27,28,29);1H4. The molecule has 5 rings (SSSR count). The number of furan rings is 1. The summed E-state index contributed by atoms with van der Waals surface area (Å²) in [6.07, 6.45) is 4.63. The monoisotopic (exact) mass is 525 g/mol. The van der Waals surface area contributed by atoms with Crippen molar-refractivity contribution in [2.45, 2.75) is 62.1 Å². The lowest BCUT2D eigenvalue weighted by Gasteiger charge is -2.29. The van der Waals surface area contributed by atoms with E-state index in [1.54, 1.807) is 11.3 Å². The summed E-state index contributed by atoms with van der Waals surface area (Å²) in [6, 6.07) is 12.6. The number of nitrogens with one attached hydrogen (secondary N) is 2. The molecule has 10 heteroatoms. The van der Waals surface area contributed by atoms with E-state index < -0.39 is 0 Å². The van der Waals surface area contributed by atoms with Crippen LogP contribution in [0.25, 0.3) is 10.9 Å². The van der Waals surface area contributed by atoms with Crippen molar-refractivity contribution in [1.82, 2.24) is 25.5 Å². The fourth-order valence-electron chi connectivity index (χ4n) is 4.47. The molecule has 1 aliphatic rings. The van der Waals surface area contributed by atoms with Gasteiger partial charge in [0.05, 0.1) is 12.1 Å². The number of hydrogen-bond acceptors (Lipinski definition) is 10. The number of anilines is 2. The van der Waals surface area contributed by atoms with Crippen LogP contribution in [-0.2, 0) is 6.54 Å². The van der Waals surface area contributed by atoms with Crippen LogP contribution in [0.2, 0.25) is 0 Å². The lowest BCUT2D eigenvalue weighted by molar-refractivity contribution is 0.317. The van der Waals surface area contributed by atoms with Gasteiger partial charge >= 0.3 is 0 Å². The highest BCUT2D eigenvalue weighted by atomic mass is 32.2. The number of para-hydroxylation sites is 1. The van der Waals surface area contributed by atoms with Crippen molar-refractivity contribution in [3.05, 3.63) is 47.2 Å². The minimum atomic E-state index is 0. The number of aromatic nitrogens is 4. The SMILES string of the molecule is C.Cc1nnc(Sc2ccc(CNCC3CCC(Nc4nc(N(C)C)c5ccccc5n4)CC3)o2)s1. The molecule has 2 N–H and O–H groups in total. The Kier molecular flexibility index (Phi) is 8.81. The number of nitrogens with zero attached hydrogens (tertiary/aromatic N) is 5. The van der Waals surface area contributed by atoms with Gasteiger partial charge < -0.3 is 20.0 Å². The second-order valence-electron chi connectivity index (χ2n) is 9.19. The van der Waals surface area contributed by atoms with Crippen LogP contribution in [0, 0.1) is 12.8 Å². The molecule has 192 valence electrons. The van der Waals surface area contributed by atoms with Crippen molar-refractivity contribution >= 4 is 45.8 Å². The number of hydrogen-bond donors (Lipinski definition) is 2. The molecule has 0 unspecified atom stereocenters. The molecule has 0 saturated heterocycles. The molecule has 0 spiro atoms. The zero-order valence-corrected chi connectivity index (χ0v) is 22.0. The third kappa shape index (κ3) is 6.54. The molecule has 3 heterocycles. The second kappa shape index (κ2) is 12.0. The van der Waals surface area contributed by atoms with Crippen molar-refractivity contribution in [3.8, 4) is 0 Å². The van der Waals surface area contributed by atoms with Crippen LogP contribution in [-0.4, -0.2) is 46.8 Å². The Hall–Kier alpha value is -2.69. The van der Waals surface area contributed by atoms with Gasteiger partial charge in [0.15, 0.2) is 9.43 Å². The van der Waals surface area contributed by atoms with Gasteiger partial charge in [-0.1, -0.05) is 30.9 Å². The fourth-order valence-corrected chi connectivity index (χ4v) is 6.20. The first-order chi connectivity index (χ1) is 17.0. The molecule has 8 nitrogen and oxygen atoms in total. The molecule has 0 aliphatic heterocycles. The van der Waals surface area contributed by atoms with Crippen LogP contribution in [0.1, 0.15) is 43.9 Å². The summed E-state index contributed by atoms with van der Waals surface area (Å²) in [5.41, 5.74) is 0.976. The van der Waals surface area contributed by atoms with Crippen LogP contribution in [0.15, 0.2) is 50.2 Å². The molecule has 1 aliphatic carbocycles. The molecule has 1 saturated carbocycles. The zero-order valence-electron chi connectivity index (χ0n) is 20.3. The van der Waals surface area contributed by atoms with Crippen molar-refractivity contribution in [2.75, 3.05) is 30.9 Å². The lowest BCUT2D eigenvalue weighted by atomic mass is 9.86. The van der Waals surface area contributed by atoms with Gasteiger partial charge in [0.1, 0.15) is 16.6 Å². The Morgan fingerprint density at radius 3 is 2.61 bits per heavy atom. The molecular formula is C26H35N7OS2. The highest BCUT2D eigenvalue weighted by molar-refractivity contribution is 8.00. The molecule has 1 aromatic carbocycles. The van der Waals surface area contributed by atoms with E-state index in [0.717, 1.165) is 68.8 Å². The molecule has 0 bridgehead atoms. The van der Waals surface area contributed by atoms with Crippen LogP contribution < -0.4 is 15.5 Å². The van der Waals surface area contributed by atoms with E-state index in [2.05, 4.69) is 37.9 Å². The fraction of sp³-hybridized carbons (Fsp3) is 0.462.